The van der Waals surface area contributed by atoms with Gasteiger partial charge in [0.2, 0.25) is 0 Å². The minimum absolute atomic E-state index is 0.00184. The van der Waals surface area contributed by atoms with Crippen LogP contribution in [0.15, 0.2) is 114 Å². The van der Waals surface area contributed by atoms with Gasteiger partial charge >= 0.3 is 0 Å². The van der Waals surface area contributed by atoms with Gasteiger partial charge in [-0.3, -0.25) is 4.79 Å². The van der Waals surface area contributed by atoms with Gasteiger partial charge in [0, 0.05) is 31.1 Å². The maximum Gasteiger partial charge on any atom is 0.261 e. The van der Waals surface area contributed by atoms with E-state index in [-0.39, 0.29) is 10.5 Å². The van der Waals surface area contributed by atoms with Gasteiger partial charge in [-0.15, -0.1) is 0 Å². The van der Waals surface area contributed by atoms with Crippen molar-refractivity contribution in [3.05, 3.63) is 131 Å². The number of aromatic nitrogens is 2. The number of methoxy groups -OCH3 is 1. The molecule has 3 aromatic carbocycles. The van der Waals surface area contributed by atoms with E-state index in [1.807, 2.05) is 24.3 Å². The van der Waals surface area contributed by atoms with Crippen molar-refractivity contribution in [1.82, 2.24) is 9.55 Å². The predicted octanol–water partition coefficient (Wildman–Crippen LogP) is 5.96. The van der Waals surface area contributed by atoms with Gasteiger partial charge in [-0.2, -0.15) is 0 Å². The molecule has 0 N–H and O–H groups in total. The summed E-state index contributed by atoms with van der Waals surface area (Å²) in [6, 6.07) is 34.9. The van der Waals surface area contributed by atoms with E-state index < -0.39 is 8.32 Å². The van der Waals surface area contributed by atoms with Crippen LogP contribution in [0.4, 0.5) is 0 Å². The van der Waals surface area contributed by atoms with Crippen molar-refractivity contribution in [3.63, 3.8) is 0 Å². The molecule has 0 aliphatic carbocycles. The Hall–Kier alpha value is -4.00. The number of aryl methyl sites for hydroxylation is 1. The Morgan fingerprint density at radius 2 is 1.46 bits per heavy atom. The fourth-order valence-corrected chi connectivity index (χ4v) is 10.4. The first-order valence-corrected chi connectivity index (χ1v) is 16.1. The van der Waals surface area contributed by atoms with Crippen LogP contribution in [0.25, 0.3) is 11.0 Å². The Labute approximate surface area is 243 Å². The molecule has 0 unspecified atom stereocenters. The molecule has 0 aliphatic heterocycles. The summed E-state index contributed by atoms with van der Waals surface area (Å²) in [5, 5.41) is 3.09. The SMILES string of the molecule is COc1ccc(Cn2c(CCCO[Si](c3ccccc3)(c3ccccc3)C(C)(C)C)cc(=O)c3cccnc32)cc1. The first-order chi connectivity index (χ1) is 19.8. The van der Waals surface area contributed by atoms with Crippen LogP contribution in [0.5, 0.6) is 5.75 Å². The molecule has 0 atom stereocenters. The fraction of sp³-hybridized carbons (Fsp3) is 0.257. The third-order valence-electron chi connectivity index (χ3n) is 7.76. The maximum absolute atomic E-state index is 13.1. The van der Waals surface area contributed by atoms with E-state index in [2.05, 4.69) is 103 Å². The summed E-state index contributed by atoms with van der Waals surface area (Å²) in [6.07, 6.45) is 3.24. The molecule has 2 heterocycles. The molecule has 41 heavy (non-hydrogen) atoms. The summed E-state index contributed by atoms with van der Waals surface area (Å²) in [7, 11) is -0.951. The summed E-state index contributed by atoms with van der Waals surface area (Å²) in [6.45, 7) is 8.08. The second kappa shape index (κ2) is 12.2. The van der Waals surface area contributed by atoms with Gasteiger partial charge in [0.25, 0.3) is 8.32 Å². The van der Waals surface area contributed by atoms with Gasteiger partial charge in [0.1, 0.15) is 11.4 Å². The van der Waals surface area contributed by atoms with Crippen molar-refractivity contribution in [3.8, 4) is 5.75 Å². The molecule has 0 saturated carbocycles. The lowest BCUT2D eigenvalue weighted by Crippen LogP contribution is -2.66. The molecule has 0 saturated heterocycles. The predicted molar refractivity (Wildman–Crippen MR) is 170 cm³/mol. The van der Waals surface area contributed by atoms with Crippen molar-refractivity contribution in [2.45, 2.75) is 45.2 Å². The third-order valence-corrected chi connectivity index (χ3v) is 12.8. The van der Waals surface area contributed by atoms with Gasteiger partial charge in [0.05, 0.1) is 12.5 Å². The van der Waals surface area contributed by atoms with E-state index in [4.69, 9.17) is 9.16 Å². The van der Waals surface area contributed by atoms with Gasteiger partial charge < -0.3 is 13.7 Å². The molecule has 0 spiro atoms. The van der Waals surface area contributed by atoms with Gasteiger partial charge in [-0.25, -0.2) is 4.98 Å². The number of benzene rings is 3. The number of hydrogen-bond acceptors (Lipinski definition) is 4. The monoisotopic (exact) mass is 562 g/mol. The zero-order valence-electron chi connectivity index (χ0n) is 24.3. The molecule has 0 amide bonds. The highest BCUT2D eigenvalue weighted by Crippen LogP contribution is 2.36. The van der Waals surface area contributed by atoms with Crippen molar-refractivity contribution in [2.24, 2.45) is 0 Å². The summed E-state index contributed by atoms with van der Waals surface area (Å²) in [4.78, 5) is 17.7. The maximum atomic E-state index is 13.1. The quantitative estimate of drug-likeness (QED) is 0.156. The number of nitrogens with zero attached hydrogens (tertiary/aromatic N) is 2. The summed E-state index contributed by atoms with van der Waals surface area (Å²) in [5.74, 6) is 0.817. The summed E-state index contributed by atoms with van der Waals surface area (Å²) in [5.41, 5.74) is 2.79. The number of hydrogen-bond donors (Lipinski definition) is 0. The van der Waals surface area contributed by atoms with Crippen molar-refractivity contribution < 1.29 is 9.16 Å². The molecule has 0 bridgehead atoms. The average molecular weight is 563 g/mol. The normalized spacial score (nSPS) is 12.0. The molecule has 5 nitrogen and oxygen atoms in total. The number of pyridine rings is 2. The number of fused-ring (bicyclic) bond motifs is 1. The Bertz CT molecular complexity index is 1600. The van der Waals surface area contributed by atoms with Crippen LogP contribution in [0.3, 0.4) is 0 Å². The standard InChI is InChI=1S/C35H38N2O3Si/c1-35(2,3)41(30-14-7-5-8-15-30,31-16-9-6-10-17-31)40-24-12-13-28-25-33(38)32-18-11-23-36-34(32)37(28)26-27-19-21-29(39-4)22-20-27/h5-11,14-23,25H,12-13,24,26H2,1-4H3. The van der Waals surface area contributed by atoms with Gasteiger partial charge in [-0.1, -0.05) is 93.6 Å². The van der Waals surface area contributed by atoms with Crippen molar-refractivity contribution >= 4 is 29.7 Å². The highest BCUT2D eigenvalue weighted by molar-refractivity contribution is 6.99. The smallest absolute Gasteiger partial charge is 0.261 e. The molecule has 0 radical (unpaired) electrons. The minimum atomic E-state index is -2.62. The van der Waals surface area contributed by atoms with Crippen LogP contribution >= 0.6 is 0 Å². The van der Waals surface area contributed by atoms with Crippen LogP contribution in [-0.2, 0) is 17.4 Å². The topological polar surface area (TPSA) is 53.4 Å². The van der Waals surface area contributed by atoms with E-state index in [1.165, 1.54) is 10.4 Å². The van der Waals surface area contributed by atoms with Crippen LogP contribution in [0, 0.1) is 0 Å². The molecule has 0 fully saturated rings. The van der Waals surface area contributed by atoms with Gasteiger partial charge in [0.15, 0.2) is 5.43 Å². The molecule has 0 aliphatic rings. The lowest BCUT2D eigenvalue weighted by Gasteiger charge is -2.43. The van der Waals surface area contributed by atoms with Crippen LogP contribution in [0.1, 0.15) is 38.4 Å². The van der Waals surface area contributed by atoms with Crippen LogP contribution < -0.4 is 20.5 Å². The van der Waals surface area contributed by atoms with E-state index in [0.717, 1.165) is 23.4 Å². The van der Waals surface area contributed by atoms with E-state index in [9.17, 15) is 4.79 Å². The van der Waals surface area contributed by atoms with Gasteiger partial charge in [-0.05, 0) is 58.1 Å². The highest BCUT2D eigenvalue weighted by atomic mass is 28.4. The van der Waals surface area contributed by atoms with E-state index in [0.29, 0.717) is 30.6 Å². The summed E-state index contributed by atoms with van der Waals surface area (Å²) < 4.78 is 14.6. The summed E-state index contributed by atoms with van der Waals surface area (Å²) >= 11 is 0. The molecule has 5 rings (SSSR count). The Morgan fingerprint density at radius 1 is 0.829 bits per heavy atom. The second-order valence-corrected chi connectivity index (χ2v) is 15.7. The Balaban J connectivity index is 1.45. The Morgan fingerprint density at radius 3 is 2.05 bits per heavy atom. The molecule has 6 heteroatoms. The van der Waals surface area contributed by atoms with Crippen molar-refractivity contribution in [2.75, 3.05) is 13.7 Å². The first-order valence-electron chi connectivity index (χ1n) is 14.2. The van der Waals surface area contributed by atoms with E-state index >= 15 is 0 Å². The fourth-order valence-electron chi connectivity index (χ4n) is 5.78. The van der Waals surface area contributed by atoms with Crippen LogP contribution in [0.2, 0.25) is 5.04 Å². The molecular formula is C35H38N2O3Si. The zero-order chi connectivity index (χ0) is 28.9. The highest BCUT2D eigenvalue weighted by Gasteiger charge is 2.49. The van der Waals surface area contributed by atoms with Crippen LogP contribution in [-0.4, -0.2) is 31.6 Å². The lowest BCUT2D eigenvalue weighted by atomic mass is 10.1. The molecule has 2 aromatic heterocycles. The number of ether oxygens (including phenoxy) is 1. The minimum Gasteiger partial charge on any atom is -0.497 e. The molecule has 5 aromatic rings. The second-order valence-electron chi connectivity index (χ2n) is 11.4. The molecular weight excluding hydrogens is 524 g/mol. The first kappa shape index (κ1) is 28.5. The van der Waals surface area contributed by atoms with Crippen molar-refractivity contribution in [1.29, 1.82) is 0 Å². The molecule has 210 valence electrons. The average Bonchev–Trinajstić information content (AvgIpc) is 2.99. The van der Waals surface area contributed by atoms with E-state index in [1.54, 1.807) is 19.4 Å². The largest absolute Gasteiger partial charge is 0.497 e. The Kier molecular flexibility index (Phi) is 8.52. The zero-order valence-corrected chi connectivity index (χ0v) is 25.3. The number of rotatable bonds is 10. The third kappa shape index (κ3) is 5.90. The lowest BCUT2D eigenvalue weighted by molar-refractivity contribution is 0.291.